The van der Waals surface area contributed by atoms with Gasteiger partial charge >= 0.3 is 5.97 Å². The molecule has 0 heterocycles. The molecule has 0 aliphatic carbocycles. The van der Waals surface area contributed by atoms with Gasteiger partial charge in [-0.3, -0.25) is 4.79 Å². The van der Waals surface area contributed by atoms with Crippen molar-refractivity contribution in [3.8, 4) is 0 Å². The average molecular weight is 339 g/mol. The molecule has 24 heavy (non-hydrogen) atoms. The maximum absolute atomic E-state index is 11.7. The molecule has 0 spiro atoms. The maximum atomic E-state index is 11.7. The van der Waals surface area contributed by atoms with Crippen LogP contribution in [0.15, 0.2) is 11.6 Å². The van der Waals surface area contributed by atoms with Gasteiger partial charge < -0.3 is 4.74 Å². The fraction of sp³-hybridized carbons (Fsp3) is 0.864. The van der Waals surface area contributed by atoms with Crippen molar-refractivity contribution in [2.45, 2.75) is 111 Å². The van der Waals surface area contributed by atoms with Gasteiger partial charge in [0, 0.05) is 6.42 Å². The summed E-state index contributed by atoms with van der Waals surface area (Å²) in [5.74, 6) is 0.621. The molecule has 0 radical (unpaired) electrons. The Morgan fingerprint density at radius 3 is 2.08 bits per heavy atom. The highest BCUT2D eigenvalue weighted by molar-refractivity contribution is 5.69. The molecule has 0 rings (SSSR count). The first-order valence-corrected chi connectivity index (χ1v) is 10.3. The van der Waals surface area contributed by atoms with Crippen molar-refractivity contribution in [2.24, 2.45) is 5.92 Å². The van der Waals surface area contributed by atoms with E-state index in [9.17, 15) is 4.79 Å². The molecule has 2 nitrogen and oxygen atoms in total. The molecule has 0 aromatic heterocycles. The van der Waals surface area contributed by atoms with Gasteiger partial charge in [0.05, 0.1) is 6.61 Å². The van der Waals surface area contributed by atoms with Gasteiger partial charge in [-0.1, -0.05) is 76.9 Å². The Kier molecular flexibility index (Phi) is 16.5. The summed E-state index contributed by atoms with van der Waals surface area (Å²) in [6.45, 7) is 9.36. The van der Waals surface area contributed by atoms with Crippen molar-refractivity contribution in [3.63, 3.8) is 0 Å². The number of unbranched alkanes of at least 4 members (excludes halogenated alkanes) is 8. The third-order valence-electron chi connectivity index (χ3n) is 4.57. The number of rotatable bonds is 16. The summed E-state index contributed by atoms with van der Waals surface area (Å²) in [4.78, 5) is 11.7. The van der Waals surface area contributed by atoms with Crippen molar-refractivity contribution < 1.29 is 9.53 Å². The van der Waals surface area contributed by atoms with Crippen molar-refractivity contribution in [1.82, 2.24) is 0 Å². The highest BCUT2D eigenvalue weighted by Gasteiger charge is 2.05. The molecular formula is C22H42O2. The van der Waals surface area contributed by atoms with Gasteiger partial charge in [-0.15, -0.1) is 0 Å². The van der Waals surface area contributed by atoms with E-state index in [0.29, 0.717) is 18.9 Å². The predicted molar refractivity (Wildman–Crippen MR) is 105 cm³/mol. The molecule has 0 aromatic rings. The van der Waals surface area contributed by atoms with Gasteiger partial charge in [0.15, 0.2) is 0 Å². The van der Waals surface area contributed by atoms with Crippen LogP contribution in [0, 0.1) is 5.92 Å². The Labute approximate surface area is 151 Å². The first-order valence-electron chi connectivity index (χ1n) is 10.3. The Morgan fingerprint density at radius 2 is 1.50 bits per heavy atom. The van der Waals surface area contributed by atoms with Crippen LogP contribution in [0.4, 0.5) is 0 Å². The number of carbonyl (C=O) groups is 1. The van der Waals surface area contributed by atoms with Gasteiger partial charge in [0.25, 0.3) is 0 Å². The summed E-state index contributed by atoms with van der Waals surface area (Å²) < 4.78 is 5.36. The molecule has 0 aliphatic rings. The molecule has 0 saturated heterocycles. The lowest BCUT2D eigenvalue weighted by molar-refractivity contribution is -0.144. The fourth-order valence-electron chi connectivity index (χ4n) is 2.83. The Bertz CT molecular complexity index is 316. The zero-order valence-corrected chi connectivity index (χ0v) is 16.9. The second kappa shape index (κ2) is 17.0. The normalized spacial score (nSPS) is 12.0. The number of hydrogen-bond donors (Lipinski definition) is 0. The summed E-state index contributed by atoms with van der Waals surface area (Å²) >= 11 is 0. The van der Waals surface area contributed by atoms with Gasteiger partial charge in [-0.05, 0) is 45.4 Å². The van der Waals surface area contributed by atoms with Crippen LogP contribution in [0.2, 0.25) is 0 Å². The monoisotopic (exact) mass is 338 g/mol. The number of ether oxygens (including phenoxy) is 1. The van der Waals surface area contributed by atoms with Crippen molar-refractivity contribution in [1.29, 1.82) is 0 Å². The maximum Gasteiger partial charge on any atom is 0.305 e. The summed E-state index contributed by atoms with van der Waals surface area (Å²) in [5, 5.41) is 0. The first kappa shape index (κ1) is 23.2. The summed E-state index contributed by atoms with van der Waals surface area (Å²) in [7, 11) is 0. The standard InChI is InChI=1S/C22H42O2/c1-5-6-7-8-9-10-11-12-13-17-22(23)24-19-18-21(4)16-14-15-20(2)3/h15,21H,5-14,16-19H2,1-4H3/t21-/m0/s1. The van der Waals surface area contributed by atoms with E-state index >= 15 is 0 Å². The van der Waals surface area contributed by atoms with Crippen molar-refractivity contribution >= 4 is 5.97 Å². The molecule has 0 bridgehead atoms. The number of esters is 1. The Morgan fingerprint density at radius 1 is 0.917 bits per heavy atom. The van der Waals surface area contributed by atoms with E-state index in [0.717, 1.165) is 19.3 Å². The molecule has 0 amide bonds. The van der Waals surface area contributed by atoms with Crippen LogP contribution in [0.1, 0.15) is 111 Å². The minimum Gasteiger partial charge on any atom is -0.466 e. The molecular weight excluding hydrogens is 296 g/mol. The second-order valence-corrected chi connectivity index (χ2v) is 7.55. The molecule has 2 heteroatoms. The fourth-order valence-corrected chi connectivity index (χ4v) is 2.83. The van der Waals surface area contributed by atoms with Gasteiger partial charge in [0.1, 0.15) is 0 Å². The van der Waals surface area contributed by atoms with Crippen LogP contribution in [0.3, 0.4) is 0 Å². The molecule has 0 aromatic carbocycles. The summed E-state index contributed by atoms with van der Waals surface area (Å²) in [6.07, 6.45) is 17.7. The van der Waals surface area contributed by atoms with E-state index in [4.69, 9.17) is 4.74 Å². The van der Waals surface area contributed by atoms with Crippen LogP contribution in [-0.4, -0.2) is 12.6 Å². The lowest BCUT2D eigenvalue weighted by atomic mass is 10.0. The highest BCUT2D eigenvalue weighted by atomic mass is 16.5. The SMILES string of the molecule is CCCCCCCCCCCC(=O)OCC[C@@H](C)CCC=C(C)C. The minimum absolute atomic E-state index is 0.00514. The molecule has 0 aliphatic heterocycles. The van der Waals surface area contributed by atoms with E-state index in [2.05, 4.69) is 33.8 Å². The largest absolute Gasteiger partial charge is 0.466 e. The topological polar surface area (TPSA) is 26.3 Å². The Balaban J connectivity index is 3.36. The molecule has 0 unspecified atom stereocenters. The van der Waals surface area contributed by atoms with Crippen molar-refractivity contribution in [2.75, 3.05) is 6.61 Å². The highest BCUT2D eigenvalue weighted by Crippen LogP contribution is 2.13. The minimum atomic E-state index is -0.00514. The third kappa shape index (κ3) is 17.6. The molecule has 0 fully saturated rings. The van der Waals surface area contributed by atoms with E-state index < -0.39 is 0 Å². The van der Waals surface area contributed by atoms with Crippen LogP contribution >= 0.6 is 0 Å². The summed E-state index contributed by atoms with van der Waals surface area (Å²) in [5.41, 5.74) is 1.38. The molecule has 142 valence electrons. The van der Waals surface area contributed by atoms with Crippen LogP contribution in [0.25, 0.3) is 0 Å². The quantitative estimate of drug-likeness (QED) is 0.169. The van der Waals surface area contributed by atoms with Gasteiger partial charge in [-0.25, -0.2) is 0 Å². The number of carbonyl (C=O) groups excluding carboxylic acids is 1. The Hall–Kier alpha value is -0.790. The smallest absolute Gasteiger partial charge is 0.305 e. The molecule has 1 atom stereocenters. The van der Waals surface area contributed by atoms with Crippen LogP contribution in [-0.2, 0) is 9.53 Å². The third-order valence-corrected chi connectivity index (χ3v) is 4.57. The lowest BCUT2D eigenvalue weighted by Gasteiger charge is -2.10. The van der Waals surface area contributed by atoms with E-state index in [1.807, 2.05) is 0 Å². The van der Waals surface area contributed by atoms with E-state index in [1.54, 1.807) is 0 Å². The average Bonchev–Trinajstić information content (AvgIpc) is 2.53. The first-order chi connectivity index (χ1) is 11.6. The van der Waals surface area contributed by atoms with E-state index in [1.165, 1.54) is 63.4 Å². The number of allylic oxidation sites excluding steroid dienone is 2. The second-order valence-electron chi connectivity index (χ2n) is 7.55. The zero-order chi connectivity index (χ0) is 18.0. The lowest BCUT2D eigenvalue weighted by Crippen LogP contribution is -2.08. The predicted octanol–water partition coefficient (Wildman–Crippen LogP) is 7.22. The van der Waals surface area contributed by atoms with Gasteiger partial charge in [0.2, 0.25) is 0 Å². The van der Waals surface area contributed by atoms with Gasteiger partial charge in [-0.2, -0.15) is 0 Å². The summed E-state index contributed by atoms with van der Waals surface area (Å²) in [6, 6.07) is 0. The zero-order valence-electron chi connectivity index (χ0n) is 16.9. The van der Waals surface area contributed by atoms with Crippen LogP contribution < -0.4 is 0 Å². The molecule has 0 N–H and O–H groups in total. The number of hydrogen-bond acceptors (Lipinski definition) is 2. The van der Waals surface area contributed by atoms with Crippen molar-refractivity contribution in [3.05, 3.63) is 11.6 Å². The molecule has 0 saturated carbocycles. The van der Waals surface area contributed by atoms with Crippen LogP contribution in [0.5, 0.6) is 0 Å². The van der Waals surface area contributed by atoms with E-state index in [-0.39, 0.29) is 5.97 Å².